The molecule has 2 aromatic rings. The van der Waals surface area contributed by atoms with Crippen LogP contribution in [0.2, 0.25) is 5.02 Å². The van der Waals surface area contributed by atoms with Crippen LogP contribution in [-0.4, -0.2) is 67.4 Å². The van der Waals surface area contributed by atoms with E-state index >= 15 is 0 Å². The molecule has 4 rings (SSSR count). The summed E-state index contributed by atoms with van der Waals surface area (Å²) in [6, 6.07) is 14.1. The monoisotopic (exact) mass is 441 g/mol. The van der Waals surface area contributed by atoms with E-state index in [-0.39, 0.29) is 30.1 Å². The highest BCUT2D eigenvalue weighted by Gasteiger charge is 2.38. The fourth-order valence-electron chi connectivity index (χ4n) is 4.09. The minimum atomic E-state index is -0.382. The molecule has 3 amide bonds. The summed E-state index contributed by atoms with van der Waals surface area (Å²) in [5.74, 6) is 0.0647. The second-order valence-corrected chi connectivity index (χ2v) is 8.17. The lowest BCUT2D eigenvalue weighted by molar-refractivity contribution is -0.137. The fraction of sp³-hybridized carbons (Fsp3) is 0.348. The summed E-state index contributed by atoms with van der Waals surface area (Å²) in [4.78, 5) is 43.4. The smallest absolute Gasteiger partial charge is 0.254 e. The maximum absolute atomic E-state index is 13.0. The Hall–Kier alpha value is -3.06. The lowest BCUT2D eigenvalue weighted by Gasteiger charge is -2.36. The van der Waals surface area contributed by atoms with E-state index in [2.05, 4.69) is 0 Å². The topological polar surface area (TPSA) is 70.2 Å². The minimum Gasteiger partial charge on any atom is -0.497 e. The average molecular weight is 442 g/mol. The van der Waals surface area contributed by atoms with Gasteiger partial charge in [0.25, 0.3) is 5.91 Å². The van der Waals surface area contributed by atoms with Crippen molar-refractivity contribution in [3.8, 4) is 5.75 Å². The van der Waals surface area contributed by atoms with Crippen molar-refractivity contribution in [1.29, 1.82) is 0 Å². The standard InChI is InChI=1S/C23H24ClN3O4/c1-31-20-7-2-4-16(12-20)22(29)25-8-10-26(11-9-25)23(30)17-13-21(28)27(15-17)19-6-3-5-18(24)14-19/h2-7,12,14,17H,8-11,13,15H2,1H3. The van der Waals surface area contributed by atoms with Gasteiger partial charge in [-0.3, -0.25) is 14.4 Å². The van der Waals surface area contributed by atoms with Crippen molar-refractivity contribution >= 4 is 35.0 Å². The predicted molar refractivity (Wildman–Crippen MR) is 117 cm³/mol. The van der Waals surface area contributed by atoms with E-state index in [1.165, 1.54) is 0 Å². The number of hydrogen-bond acceptors (Lipinski definition) is 4. The van der Waals surface area contributed by atoms with Crippen LogP contribution >= 0.6 is 11.6 Å². The Balaban J connectivity index is 1.35. The molecule has 0 N–H and O–H groups in total. The number of anilines is 1. The Bertz CT molecular complexity index is 1000. The molecule has 2 aliphatic rings. The molecule has 0 aromatic heterocycles. The molecule has 8 heteroatoms. The number of methoxy groups -OCH3 is 1. The lowest BCUT2D eigenvalue weighted by atomic mass is 10.1. The van der Waals surface area contributed by atoms with Crippen LogP contribution < -0.4 is 9.64 Å². The highest BCUT2D eigenvalue weighted by atomic mass is 35.5. The van der Waals surface area contributed by atoms with Gasteiger partial charge in [0.2, 0.25) is 11.8 Å². The largest absolute Gasteiger partial charge is 0.497 e. The van der Waals surface area contributed by atoms with Crippen LogP contribution in [0.5, 0.6) is 5.75 Å². The summed E-state index contributed by atoms with van der Waals surface area (Å²) < 4.78 is 5.19. The highest BCUT2D eigenvalue weighted by molar-refractivity contribution is 6.31. The predicted octanol–water partition coefficient (Wildman–Crippen LogP) is 2.69. The van der Waals surface area contributed by atoms with Crippen molar-refractivity contribution < 1.29 is 19.1 Å². The molecule has 1 unspecified atom stereocenters. The molecule has 0 aliphatic carbocycles. The molecule has 2 heterocycles. The van der Waals surface area contributed by atoms with Gasteiger partial charge in [-0.15, -0.1) is 0 Å². The first-order valence-electron chi connectivity index (χ1n) is 10.2. The summed E-state index contributed by atoms with van der Waals surface area (Å²) in [5.41, 5.74) is 1.28. The van der Waals surface area contributed by atoms with Gasteiger partial charge in [-0.1, -0.05) is 23.7 Å². The van der Waals surface area contributed by atoms with Crippen LogP contribution in [-0.2, 0) is 9.59 Å². The van der Waals surface area contributed by atoms with Gasteiger partial charge in [0, 0.05) is 55.4 Å². The number of halogens is 1. The Kier molecular flexibility index (Phi) is 6.13. The number of piperazine rings is 1. The van der Waals surface area contributed by atoms with E-state index in [0.29, 0.717) is 54.7 Å². The van der Waals surface area contributed by atoms with Crippen molar-refractivity contribution in [3.05, 3.63) is 59.1 Å². The van der Waals surface area contributed by atoms with Gasteiger partial charge in [0.15, 0.2) is 0 Å². The normalized spacial score (nSPS) is 19.0. The number of hydrogen-bond donors (Lipinski definition) is 0. The average Bonchev–Trinajstić information content (AvgIpc) is 3.20. The molecule has 2 saturated heterocycles. The van der Waals surface area contributed by atoms with Crippen molar-refractivity contribution in [2.75, 3.05) is 44.7 Å². The molecule has 31 heavy (non-hydrogen) atoms. The SMILES string of the molecule is COc1cccc(C(=O)N2CCN(C(=O)C3CC(=O)N(c4cccc(Cl)c4)C3)CC2)c1. The lowest BCUT2D eigenvalue weighted by Crippen LogP contribution is -2.52. The Morgan fingerprint density at radius 3 is 2.42 bits per heavy atom. The molecule has 0 bridgehead atoms. The molecule has 7 nitrogen and oxygen atoms in total. The quantitative estimate of drug-likeness (QED) is 0.731. The first-order chi connectivity index (χ1) is 15.0. The van der Waals surface area contributed by atoms with Gasteiger partial charge in [0.05, 0.1) is 13.0 Å². The zero-order valence-electron chi connectivity index (χ0n) is 17.3. The van der Waals surface area contributed by atoms with Gasteiger partial charge >= 0.3 is 0 Å². The van der Waals surface area contributed by atoms with E-state index < -0.39 is 0 Å². The highest BCUT2D eigenvalue weighted by Crippen LogP contribution is 2.28. The van der Waals surface area contributed by atoms with Gasteiger partial charge < -0.3 is 19.4 Å². The number of amides is 3. The molecule has 0 radical (unpaired) electrons. The maximum Gasteiger partial charge on any atom is 0.254 e. The van der Waals surface area contributed by atoms with E-state index in [1.807, 2.05) is 6.07 Å². The van der Waals surface area contributed by atoms with Crippen LogP contribution in [0.4, 0.5) is 5.69 Å². The van der Waals surface area contributed by atoms with Crippen molar-refractivity contribution in [2.45, 2.75) is 6.42 Å². The molecular weight excluding hydrogens is 418 g/mol. The Labute approximate surface area is 186 Å². The second-order valence-electron chi connectivity index (χ2n) is 7.73. The number of nitrogens with zero attached hydrogens (tertiary/aromatic N) is 3. The zero-order chi connectivity index (χ0) is 22.0. The number of rotatable bonds is 4. The summed E-state index contributed by atoms with van der Waals surface area (Å²) in [6.45, 7) is 2.18. The van der Waals surface area contributed by atoms with Gasteiger partial charge in [-0.05, 0) is 36.4 Å². The van der Waals surface area contributed by atoms with Crippen LogP contribution in [0.1, 0.15) is 16.8 Å². The van der Waals surface area contributed by atoms with Gasteiger partial charge in [0.1, 0.15) is 5.75 Å². The Morgan fingerprint density at radius 1 is 1.00 bits per heavy atom. The van der Waals surface area contributed by atoms with E-state index in [9.17, 15) is 14.4 Å². The van der Waals surface area contributed by atoms with Crippen LogP contribution in [0, 0.1) is 5.92 Å². The van der Waals surface area contributed by atoms with Crippen molar-refractivity contribution in [1.82, 2.24) is 9.80 Å². The van der Waals surface area contributed by atoms with Crippen molar-refractivity contribution in [3.63, 3.8) is 0 Å². The summed E-state index contributed by atoms with van der Waals surface area (Å²) in [6.07, 6.45) is 0.189. The summed E-state index contributed by atoms with van der Waals surface area (Å²) in [7, 11) is 1.56. The Morgan fingerprint density at radius 2 is 1.71 bits per heavy atom. The maximum atomic E-state index is 13.0. The third-order valence-corrected chi connectivity index (χ3v) is 6.02. The number of carbonyl (C=O) groups excluding carboxylic acids is 3. The summed E-state index contributed by atoms with van der Waals surface area (Å²) >= 11 is 6.04. The van der Waals surface area contributed by atoms with Crippen LogP contribution in [0.3, 0.4) is 0 Å². The zero-order valence-corrected chi connectivity index (χ0v) is 18.0. The molecule has 162 valence electrons. The molecule has 0 spiro atoms. The molecule has 2 aromatic carbocycles. The molecular formula is C23H24ClN3O4. The number of ether oxygens (including phenoxy) is 1. The fourth-order valence-corrected chi connectivity index (χ4v) is 4.28. The first-order valence-corrected chi connectivity index (χ1v) is 10.6. The van der Waals surface area contributed by atoms with Crippen molar-refractivity contribution in [2.24, 2.45) is 5.92 Å². The molecule has 0 saturated carbocycles. The van der Waals surface area contributed by atoms with E-state index in [1.54, 1.807) is 64.3 Å². The minimum absolute atomic E-state index is 0.0358. The van der Waals surface area contributed by atoms with Crippen LogP contribution in [0.15, 0.2) is 48.5 Å². The van der Waals surface area contributed by atoms with E-state index in [4.69, 9.17) is 16.3 Å². The van der Waals surface area contributed by atoms with Gasteiger partial charge in [-0.25, -0.2) is 0 Å². The van der Waals surface area contributed by atoms with E-state index in [0.717, 1.165) is 0 Å². The molecule has 2 fully saturated rings. The van der Waals surface area contributed by atoms with Crippen LogP contribution in [0.25, 0.3) is 0 Å². The third kappa shape index (κ3) is 4.51. The second kappa shape index (κ2) is 8.98. The van der Waals surface area contributed by atoms with Gasteiger partial charge in [-0.2, -0.15) is 0 Å². The number of benzene rings is 2. The summed E-state index contributed by atoms with van der Waals surface area (Å²) in [5, 5.41) is 0.553. The third-order valence-electron chi connectivity index (χ3n) is 5.79. The number of carbonyl (C=O) groups is 3. The first kappa shape index (κ1) is 21.2. The molecule has 1 atom stereocenters. The molecule has 2 aliphatic heterocycles.